The number of nitrogens with zero attached hydrogens (tertiary/aromatic N) is 1. The second-order valence-corrected chi connectivity index (χ2v) is 3.67. The van der Waals surface area contributed by atoms with Gasteiger partial charge < -0.3 is 20.4 Å². The maximum Gasteiger partial charge on any atom is 0.197 e. The second-order valence-electron chi connectivity index (χ2n) is 3.67. The van der Waals surface area contributed by atoms with E-state index in [1.807, 2.05) is 0 Å². The largest absolute Gasteiger partial charge is 0.392 e. The number of aliphatic hydroxyl groups is 4. The van der Waals surface area contributed by atoms with Gasteiger partial charge in [-0.3, -0.25) is 10.2 Å². The zero-order valence-corrected chi connectivity index (χ0v) is 8.07. The smallest absolute Gasteiger partial charge is 0.197 e. The molecule has 0 saturated carbocycles. The molecule has 0 aromatic heterocycles. The van der Waals surface area contributed by atoms with Crippen molar-refractivity contribution in [3.8, 4) is 0 Å². The molecule has 2 bridgehead atoms. The standard InChI is InChI=1S/C7H14N2O6/c1-9-14-6-4(12)3(11)5(13)7(2-10,8-6)15-9/h3-6,8,10-13H,2H2,1H3/t3-,4-,5+,6?,7-/m1/s1. The topological polar surface area (TPSA) is 115 Å². The van der Waals surface area contributed by atoms with Gasteiger partial charge >= 0.3 is 0 Å². The van der Waals surface area contributed by atoms with E-state index < -0.39 is 36.9 Å². The van der Waals surface area contributed by atoms with Crippen molar-refractivity contribution in [3.63, 3.8) is 0 Å². The van der Waals surface area contributed by atoms with E-state index in [1.165, 1.54) is 7.05 Å². The van der Waals surface area contributed by atoms with Crippen LogP contribution in [0.5, 0.6) is 0 Å². The lowest BCUT2D eigenvalue weighted by molar-refractivity contribution is -0.499. The van der Waals surface area contributed by atoms with Crippen molar-refractivity contribution in [1.82, 2.24) is 10.5 Å². The summed E-state index contributed by atoms with van der Waals surface area (Å²) in [5.41, 5.74) is -1.55. The highest BCUT2D eigenvalue weighted by Gasteiger charge is 2.57. The first-order valence-electron chi connectivity index (χ1n) is 4.52. The maximum absolute atomic E-state index is 9.69. The van der Waals surface area contributed by atoms with E-state index in [1.54, 1.807) is 0 Å². The quantitative estimate of drug-likeness (QED) is 0.310. The van der Waals surface area contributed by atoms with Gasteiger partial charge in [0.2, 0.25) is 0 Å². The summed E-state index contributed by atoms with van der Waals surface area (Å²) in [5, 5.41) is 41.4. The molecule has 8 heteroatoms. The van der Waals surface area contributed by atoms with E-state index >= 15 is 0 Å². The van der Waals surface area contributed by atoms with Gasteiger partial charge in [0, 0.05) is 7.05 Å². The van der Waals surface area contributed by atoms with Crippen LogP contribution in [0.3, 0.4) is 0 Å². The maximum atomic E-state index is 9.69. The van der Waals surface area contributed by atoms with Gasteiger partial charge in [-0.1, -0.05) is 5.23 Å². The zero-order chi connectivity index (χ0) is 11.2. The normalized spacial score (nSPS) is 51.8. The third-order valence-electron chi connectivity index (χ3n) is 2.64. The first-order chi connectivity index (χ1) is 7.00. The molecule has 0 aromatic carbocycles. The highest BCUT2D eigenvalue weighted by atomic mass is 17.0. The summed E-state index contributed by atoms with van der Waals surface area (Å²) < 4.78 is 0. The van der Waals surface area contributed by atoms with E-state index in [0.717, 1.165) is 5.23 Å². The number of fused-ring (bicyclic) bond motifs is 2. The monoisotopic (exact) mass is 222 g/mol. The molecule has 1 unspecified atom stereocenters. The minimum absolute atomic E-state index is 0.567. The molecular weight excluding hydrogens is 208 g/mol. The van der Waals surface area contributed by atoms with Crippen molar-refractivity contribution in [2.24, 2.45) is 0 Å². The van der Waals surface area contributed by atoms with E-state index in [9.17, 15) is 15.3 Å². The highest BCUT2D eigenvalue weighted by molar-refractivity contribution is 5.01. The van der Waals surface area contributed by atoms with Crippen molar-refractivity contribution in [2.75, 3.05) is 13.7 Å². The minimum Gasteiger partial charge on any atom is -0.392 e. The van der Waals surface area contributed by atoms with Crippen LogP contribution in [0.2, 0.25) is 0 Å². The fraction of sp³-hybridized carbons (Fsp3) is 1.00. The Morgan fingerprint density at radius 2 is 2.00 bits per heavy atom. The molecule has 0 spiro atoms. The fourth-order valence-corrected chi connectivity index (χ4v) is 1.80. The second kappa shape index (κ2) is 3.61. The van der Waals surface area contributed by atoms with Gasteiger partial charge in [-0.25, -0.2) is 4.84 Å². The molecule has 2 aliphatic heterocycles. The molecule has 88 valence electrons. The number of hydrogen-bond donors (Lipinski definition) is 5. The average Bonchev–Trinajstić information content (AvgIpc) is 2.23. The Hall–Kier alpha value is -0.320. The molecule has 0 radical (unpaired) electrons. The Kier molecular flexibility index (Phi) is 2.69. The van der Waals surface area contributed by atoms with Crippen molar-refractivity contribution in [3.05, 3.63) is 0 Å². The predicted octanol–water partition coefficient (Wildman–Crippen LogP) is -3.50. The third kappa shape index (κ3) is 1.55. The lowest BCUT2D eigenvalue weighted by Crippen LogP contribution is -2.79. The minimum atomic E-state index is -1.55. The van der Waals surface area contributed by atoms with Crippen LogP contribution in [-0.2, 0) is 9.68 Å². The molecule has 0 amide bonds. The first kappa shape index (κ1) is 11.2. The summed E-state index contributed by atoms with van der Waals surface area (Å²) in [6.07, 6.45) is -5.14. The Labute approximate surface area is 85.5 Å². The summed E-state index contributed by atoms with van der Waals surface area (Å²) in [6.45, 7) is -0.567. The Bertz CT molecular complexity index is 254. The lowest BCUT2D eigenvalue weighted by Gasteiger charge is -2.52. The molecule has 5 atom stereocenters. The van der Waals surface area contributed by atoms with Gasteiger partial charge in [0.15, 0.2) is 12.0 Å². The van der Waals surface area contributed by atoms with Gasteiger partial charge in [0.25, 0.3) is 0 Å². The Balaban J connectivity index is 2.28. The van der Waals surface area contributed by atoms with Crippen LogP contribution in [0.1, 0.15) is 0 Å². The van der Waals surface area contributed by atoms with Gasteiger partial charge in [0.05, 0.1) is 6.61 Å². The molecule has 2 fully saturated rings. The van der Waals surface area contributed by atoms with Crippen LogP contribution in [0.4, 0.5) is 0 Å². The lowest BCUT2D eigenvalue weighted by atomic mass is 9.91. The Morgan fingerprint density at radius 3 is 2.60 bits per heavy atom. The van der Waals surface area contributed by atoms with Gasteiger partial charge in [-0.05, 0) is 0 Å². The molecule has 8 nitrogen and oxygen atoms in total. The SMILES string of the molecule is CN1OC2N[C@](CO)(O1)[C@@H](O)[C@H](O)[C@H]2O. The fourth-order valence-electron chi connectivity index (χ4n) is 1.80. The van der Waals surface area contributed by atoms with Gasteiger partial charge in [0.1, 0.15) is 18.3 Å². The average molecular weight is 222 g/mol. The summed E-state index contributed by atoms with van der Waals surface area (Å²) in [4.78, 5) is 10.0. The van der Waals surface area contributed by atoms with Gasteiger partial charge in [-0.2, -0.15) is 0 Å². The number of hydroxylamine groups is 2. The van der Waals surface area contributed by atoms with Crippen molar-refractivity contribution in [2.45, 2.75) is 30.3 Å². The van der Waals surface area contributed by atoms with Crippen molar-refractivity contribution in [1.29, 1.82) is 0 Å². The predicted molar refractivity (Wildman–Crippen MR) is 44.7 cm³/mol. The number of piperidine rings is 1. The van der Waals surface area contributed by atoms with Crippen LogP contribution in [0.25, 0.3) is 0 Å². The van der Waals surface area contributed by atoms with E-state index in [2.05, 4.69) is 5.32 Å². The van der Waals surface area contributed by atoms with Crippen molar-refractivity contribution < 1.29 is 30.1 Å². The summed E-state index contributed by atoms with van der Waals surface area (Å²) >= 11 is 0. The molecule has 2 saturated heterocycles. The van der Waals surface area contributed by atoms with E-state index in [-0.39, 0.29) is 0 Å². The number of nitrogens with one attached hydrogen (secondary N) is 1. The number of hydrogen-bond acceptors (Lipinski definition) is 8. The molecule has 2 heterocycles. The zero-order valence-electron chi connectivity index (χ0n) is 8.07. The molecule has 0 aromatic rings. The molecular formula is C7H14N2O6. The molecule has 15 heavy (non-hydrogen) atoms. The van der Waals surface area contributed by atoms with E-state index in [0.29, 0.717) is 0 Å². The third-order valence-corrected chi connectivity index (χ3v) is 2.64. The molecule has 0 aliphatic carbocycles. The Morgan fingerprint density at radius 1 is 1.33 bits per heavy atom. The van der Waals surface area contributed by atoms with Gasteiger partial charge in [-0.15, -0.1) is 0 Å². The highest BCUT2D eigenvalue weighted by Crippen LogP contribution is 2.30. The summed E-state index contributed by atoms with van der Waals surface area (Å²) in [7, 11) is 1.41. The van der Waals surface area contributed by atoms with Crippen LogP contribution in [0.15, 0.2) is 0 Å². The number of aliphatic hydroxyl groups excluding tert-OH is 4. The van der Waals surface area contributed by atoms with Crippen LogP contribution in [-0.4, -0.2) is 69.6 Å². The summed E-state index contributed by atoms with van der Waals surface area (Å²) in [5.74, 6) is 0. The first-order valence-corrected chi connectivity index (χ1v) is 4.52. The molecule has 2 rings (SSSR count). The van der Waals surface area contributed by atoms with E-state index in [4.69, 9.17) is 14.8 Å². The van der Waals surface area contributed by atoms with Crippen LogP contribution >= 0.6 is 0 Å². The molecule has 2 aliphatic rings. The van der Waals surface area contributed by atoms with Crippen molar-refractivity contribution >= 4 is 0 Å². The van der Waals surface area contributed by atoms with Crippen LogP contribution in [0, 0.1) is 0 Å². The molecule has 5 N–H and O–H groups in total. The number of rotatable bonds is 1. The van der Waals surface area contributed by atoms with Crippen LogP contribution < -0.4 is 5.32 Å². The summed E-state index contributed by atoms with van der Waals surface area (Å²) in [6, 6.07) is 0.